The summed E-state index contributed by atoms with van der Waals surface area (Å²) in [6, 6.07) is 1.03. The van der Waals surface area contributed by atoms with Crippen LogP contribution in [-0.4, -0.2) is 36.6 Å². The Kier molecular flexibility index (Phi) is 11.6. The van der Waals surface area contributed by atoms with Crippen LogP contribution < -0.4 is 0 Å². The van der Waals surface area contributed by atoms with E-state index in [-0.39, 0.29) is 19.5 Å². The topological polar surface area (TPSA) is 27.7 Å². The van der Waals surface area contributed by atoms with E-state index in [2.05, 4.69) is 39.7 Å². The maximum atomic E-state index is 6.16. The third-order valence-corrected chi connectivity index (χ3v) is 14.6. The summed E-state index contributed by atoms with van der Waals surface area (Å²) >= 11 is 0. The summed E-state index contributed by atoms with van der Waals surface area (Å²) in [6.07, 6.45) is 0. The van der Waals surface area contributed by atoms with Gasteiger partial charge in [-0.05, 0) is 25.7 Å². The van der Waals surface area contributed by atoms with Crippen LogP contribution in [0.3, 0.4) is 0 Å². The van der Waals surface area contributed by atoms with Crippen LogP contribution in [-0.2, 0) is 12.3 Å². The van der Waals surface area contributed by atoms with E-state index in [0.717, 1.165) is 6.04 Å². The lowest BCUT2D eigenvalue weighted by atomic mass is 11.0. The minimum Gasteiger partial charge on any atom is -0.442 e. The molecule has 7 heteroatoms. The van der Waals surface area contributed by atoms with Crippen LogP contribution in [0.5, 0.6) is 0 Å². The monoisotopic (exact) mass is 298 g/mol. The third-order valence-electron chi connectivity index (χ3n) is 2.05. The Morgan fingerprint density at radius 3 is 1.69 bits per heavy atom. The summed E-state index contributed by atoms with van der Waals surface area (Å²) in [4.78, 5) is 0. The van der Waals surface area contributed by atoms with E-state index < -0.39 is 17.1 Å². The van der Waals surface area contributed by atoms with Crippen LogP contribution in [0.4, 0.5) is 0 Å². The largest absolute Gasteiger partial charge is 0.442 e. The molecule has 0 aromatic carbocycles. The maximum Gasteiger partial charge on any atom is 0.315 e. The molecule has 1 unspecified atom stereocenters. The van der Waals surface area contributed by atoms with Crippen LogP contribution in [0, 0.1) is 0 Å². The first-order valence-corrected chi connectivity index (χ1v) is 15.7. The molecule has 0 saturated carbocycles. The summed E-state index contributed by atoms with van der Waals surface area (Å²) in [7, 11) is -4.49. The van der Waals surface area contributed by atoms with E-state index in [4.69, 9.17) is 12.3 Å². The molecule has 0 aromatic heterocycles. The molecule has 0 N–H and O–H groups in total. The normalized spacial score (nSPS) is 16.5. The van der Waals surface area contributed by atoms with E-state index >= 15 is 0 Å². The Labute approximate surface area is 109 Å². The van der Waals surface area contributed by atoms with E-state index in [0.29, 0.717) is 0 Å². The average Bonchev–Trinajstić information content (AvgIpc) is 2.20. The summed E-state index contributed by atoms with van der Waals surface area (Å²) in [5.74, 6) is 0. The van der Waals surface area contributed by atoms with Crippen LogP contribution in [0.1, 0.15) is 20.8 Å². The van der Waals surface area contributed by atoms with Gasteiger partial charge in [0, 0.05) is 0 Å². The van der Waals surface area contributed by atoms with Gasteiger partial charge in [0.2, 0.25) is 0 Å². The predicted molar refractivity (Wildman–Crippen MR) is 83.0 cm³/mol. The van der Waals surface area contributed by atoms with Gasteiger partial charge in [0.05, 0.1) is 0 Å². The SMILES string of the molecule is CC.CC[Si](C)(O[SiH2]C)O[Si](C)(C)O[SiH2]C. The average molecular weight is 299 g/mol. The minimum absolute atomic E-state index is 0.366. The quantitative estimate of drug-likeness (QED) is 0.674. The lowest BCUT2D eigenvalue weighted by molar-refractivity contribution is 0.341. The summed E-state index contributed by atoms with van der Waals surface area (Å²) in [6.45, 7) is 16.9. The standard InChI is InChI=1S/C7H24O3Si4.C2H6/c1-7-14(6,9-12-3)10-13(4,5)8-11-2;1-2/h7,11-12H2,1-6H3;1-2H3. The highest BCUT2D eigenvalue weighted by Crippen LogP contribution is 2.19. The molecular weight excluding hydrogens is 268 g/mol. The zero-order chi connectivity index (χ0) is 13.2. The van der Waals surface area contributed by atoms with Gasteiger partial charge in [-0.3, -0.25) is 0 Å². The van der Waals surface area contributed by atoms with Crippen molar-refractivity contribution < 1.29 is 12.3 Å². The van der Waals surface area contributed by atoms with Crippen molar-refractivity contribution in [3.63, 3.8) is 0 Å². The number of rotatable bonds is 7. The first-order chi connectivity index (χ1) is 7.39. The summed E-state index contributed by atoms with van der Waals surface area (Å²) in [5.41, 5.74) is 0. The predicted octanol–water partition coefficient (Wildman–Crippen LogP) is 2.12. The molecule has 0 heterocycles. The fraction of sp³-hybridized carbons (Fsp3) is 1.00. The van der Waals surface area contributed by atoms with E-state index in [1.807, 2.05) is 13.8 Å². The molecule has 0 radical (unpaired) electrons. The molecule has 0 rings (SSSR count). The number of hydrogen-bond acceptors (Lipinski definition) is 3. The highest BCUT2D eigenvalue weighted by atomic mass is 28.5. The molecule has 16 heavy (non-hydrogen) atoms. The fourth-order valence-corrected chi connectivity index (χ4v) is 13.7. The molecule has 0 saturated heterocycles. The van der Waals surface area contributed by atoms with E-state index in [1.54, 1.807) is 0 Å². The highest BCUT2D eigenvalue weighted by molar-refractivity contribution is 6.82. The van der Waals surface area contributed by atoms with Crippen molar-refractivity contribution in [2.75, 3.05) is 0 Å². The number of hydrogen-bond donors (Lipinski definition) is 0. The molecule has 0 spiro atoms. The first kappa shape index (κ1) is 19.1. The van der Waals surface area contributed by atoms with Crippen molar-refractivity contribution in [2.45, 2.75) is 59.6 Å². The van der Waals surface area contributed by atoms with Gasteiger partial charge in [-0.2, -0.15) is 0 Å². The Hall–Kier alpha value is 0.748. The minimum atomic E-state index is -1.88. The smallest absolute Gasteiger partial charge is 0.315 e. The highest BCUT2D eigenvalue weighted by Gasteiger charge is 2.37. The molecule has 0 aliphatic heterocycles. The lowest BCUT2D eigenvalue weighted by Gasteiger charge is -2.34. The van der Waals surface area contributed by atoms with Crippen molar-refractivity contribution in [1.29, 1.82) is 0 Å². The Bertz CT molecular complexity index is 169. The third kappa shape index (κ3) is 8.85. The van der Waals surface area contributed by atoms with Crippen molar-refractivity contribution in [3.05, 3.63) is 0 Å². The molecule has 0 aromatic rings. The van der Waals surface area contributed by atoms with Crippen molar-refractivity contribution in [2.24, 2.45) is 0 Å². The van der Waals surface area contributed by atoms with Gasteiger partial charge in [0.15, 0.2) is 0 Å². The molecule has 0 aliphatic carbocycles. The zero-order valence-corrected chi connectivity index (χ0v) is 17.2. The maximum absolute atomic E-state index is 6.16. The van der Waals surface area contributed by atoms with Gasteiger partial charge in [-0.15, -0.1) is 0 Å². The van der Waals surface area contributed by atoms with Gasteiger partial charge in [0.25, 0.3) is 0 Å². The molecule has 3 nitrogen and oxygen atoms in total. The summed E-state index contributed by atoms with van der Waals surface area (Å²) in [5, 5.41) is 0. The molecule has 0 fully saturated rings. The summed E-state index contributed by atoms with van der Waals surface area (Å²) < 4.78 is 17.8. The van der Waals surface area contributed by atoms with E-state index in [9.17, 15) is 0 Å². The van der Waals surface area contributed by atoms with Crippen LogP contribution in [0.2, 0.25) is 38.8 Å². The van der Waals surface area contributed by atoms with Crippen molar-refractivity contribution in [1.82, 2.24) is 0 Å². The molecule has 100 valence electrons. The Morgan fingerprint density at radius 1 is 0.938 bits per heavy atom. The van der Waals surface area contributed by atoms with Crippen LogP contribution in [0.15, 0.2) is 0 Å². The Morgan fingerprint density at radius 2 is 1.38 bits per heavy atom. The second-order valence-corrected chi connectivity index (χ2v) is 13.9. The Balaban J connectivity index is 0. The molecule has 1 atom stereocenters. The van der Waals surface area contributed by atoms with Gasteiger partial charge < -0.3 is 12.3 Å². The van der Waals surface area contributed by atoms with Gasteiger partial charge in [-0.1, -0.05) is 33.9 Å². The van der Waals surface area contributed by atoms with Gasteiger partial charge in [0.1, 0.15) is 19.5 Å². The van der Waals surface area contributed by atoms with Crippen LogP contribution in [0.25, 0.3) is 0 Å². The van der Waals surface area contributed by atoms with E-state index in [1.165, 1.54) is 0 Å². The molecular formula is C9H30O3Si4. The van der Waals surface area contributed by atoms with Crippen molar-refractivity contribution in [3.8, 4) is 0 Å². The van der Waals surface area contributed by atoms with Crippen LogP contribution >= 0.6 is 0 Å². The second kappa shape index (κ2) is 9.74. The van der Waals surface area contributed by atoms with Gasteiger partial charge in [-0.25, -0.2) is 0 Å². The molecule has 0 aliphatic rings. The first-order valence-electron chi connectivity index (χ1n) is 6.37. The second-order valence-electron chi connectivity index (χ2n) is 3.86. The zero-order valence-electron chi connectivity index (χ0n) is 12.3. The molecule has 0 bridgehead atoms. The molecule has 0 amide bonds. The lowest BCUT2D eigenvalue weighted by Crippen LogP contribution is -2.50. The van der Waals surface area contributed by atoms with Crippen molar-refractivity contribution >= 4 is 36.6 Å². The van der Waals surface area contributed by atoms with Gasteiger partial charge >= 0.3 is 17.1 Å². The fourth-order valence-electron chi connectivity index (χ4n) is 1.41.